The van der Waals surface area contributed by atoms with E-state index in [4.69, 9.17) is 11.6 Å². The van der Waals surface area contributed by atoms with Crippen LogP contribution in [0, 0.1) is 3.57 Å². The molecule has 0 aliphatic carbocycles. The minimum Gasteiger partial charge on any atom is -0.310 e. The van der Waals surface area contributed by atoms with Gasteiger partial charge in [0.15, 0.2) is 0 Å². The number of hydrogen-bond acceptors (Lipinski definition) is 1. The molecule has 0 bridgehead atoms. The van der Waals surface area contributed by atoms with Crippen LogP contribution < -0.4 is 5.32 Å². The van der Waals surface area contributed by atoms with Crippen molar-refractivity contribution in [2.24, 2.45) is 0 Å². The summed E-state index contributed by atoms with van der Waals surface area (Å²) in [6, 6.07) is 6.56. The fourth-order valence-electron chi connectivity index (χ4n) is 1.21. The van der Waals surface area contributed by atoms with Gasteiger partial charge in [-0.05, 0) is 53.8 Å². The molecule has 0 radical (unpaired) electrons. The molecular formula is C10H13ClIN. The van der Waals surface area contributed by atoms with E-state index in [1.54, 1.807) is 0 Å². The molecule has 1 aromatic rings. The lowest BCUT2D eigenvalue weighted by Gasteiger charge is -2.13. The molecule has 13 heavy (non-hydrogen) atoms. The normalized spacial score (nSPS) is 12.9. The molecule has 0 fully saturated rings. The smallest absolute Gasteiger partial charge is 0.0542 e. The summed E-state index contributed by atoms with van der Waals surface area (Å²) in [5.74, 6) is 0. The molecule has 0 heterocycles. The number of benzene rings is 1. The molecule has 1 unspecified atom stereocenters. The van der Waals surface area contributed by atoms with Gasteiger partial charge in [-0.25, -0.2) is 0 Å². The first-order chi connectivity index (χ1) is 6.15. The highest BCUT2D eigenvalue weighted by Crippen LogP contribution is 2.22. The van der Waals surface area contributed by atoms with Crippen molar-refractivity contribution in [3.05, 3.63) is 32.4 Å². The van der Waals surface area contributed by atoms with Crippen LogP contribution in [0.2, 0.25) is 5.02 Å². The van der Waals surface area contributed by atoms with Crippen molar-refractivity contribution in [2.45, 2.75) is 19.9 Å². The van der Waals surface area contributed by atoms with Gasteiger partial charge in [-0.2, -0.15) is 0 Å². The molecule has 1 rings (SSSR count). The maximum Gasteiger partial charge on any atom is 0.0542 e. The van der Waals surface area contributed by atoms with Gasteiger partial charge in [0.1, 0.15) is 0 Å². The molecular weight excluding hydrogens is 296 g/mol. The highest BCUT2D eigenvalue weighted by Gasteiger charge is 2.05. The van der Waals surface area contributed by atoms with E-state index in [0.717, 1.165) is 15.1 Å². The van der Waals surface area contributed by atoms with Crippen LogP contribution in [0.25, 0.3) is 0 Å². The topological polar surface area (TPSA) is 12.0 Å². The summed E-state index contributed by atoms with van der Waals surface area (Å²) in [6.45, 7) is 5.22. The average molecular weight is 310 g/mol. The average Bonchev–Trinajstić information content (AvgIpc) is 2.10. The van der Waals surface area contributed by atoms with Gasteiger partial charge in [-0.15, -0.1) is 0 Å². The van der Waals surface area contributed by atoms with E-state index in [9.17, 15) is 0 Å². The summed E-state index contributed by atoms with van der Waals surface area (Å²) >= 11 is 8.26. The third kappa shape index (κ3) is 3.11. The number of rotatable bonds is 3. The third-order valence-corrected chi connectivity index (χ3v) is 3.53. The van der Waals surface area contributed by atoms with Crippen molar-refractivity contribution in [1.29, 1.82) is 0 Å². The van der Waals surface area contributed by atoms with Crippen LogP contribution in [-0.2, 0) is 0 Å². The Balaban J connectivity index is 2.84. The Hall–Kier alpha value is 0.200. The van der Waals surface area contributed by atoms with E-state index in [2.05, 4.69) is 47.8 Å². The Morgan fingerprint density at radius 1 is 1.54 bits per heavy atom. The first-order valence-electron chi connectivity index (χ1n) is 4.33. The van der Waals surface area contributed by atoms with Crippen molar-refractivity contribution < 1.29 is 0 Å². The van der Waals surface area contributed by atoms with E-state index in [1.165, 1.54) is 5.56 Å². The lowest BCUT2D eigenvalue weighted by molar-refractivity contribution is 0.598. The highest BCUT2D eigenvalue weighted by molar-refractivity contribution is 14.1. The van der Waals surface area contributed by atoms with Gasteiger partial charge >= 0.3 is 0 Å². The van der Waals surface area contributed by atoms with Crippen LogP contribution in [0.15, 0.2) is 18.2 Å². The van der Waals surface area contributed by atoms with Crippen LogP contribution >= 0.6 is 34.2 Å². The second-order valence-electron chi connectivity index (χ2n) is 2.95. The quantitative estimate of drug-likeness (QED) is 0.841. The Morgan fingerprint density at radius 3 is 2.77 bits per heavy atom. The lowest BCUT2D eigenvalue weighted by Crippen LogP contribution is -2.17. The van der Waals surface area contributed by atoms with E-state index < -0.39 is 0 Å². The molecule has 1 aromatic carbocycles. The zero-order valence-electron chi connectivity index (χ0n) is 7.77. The molecule has 1 N–H and O–H groups in total. The molecule has 0 amide bonds. The maximum atomic E-state index is 6.02. The molecule has 0 spiro atoms. The van der Waals surface area contributed by atoms with Gasteiger partial charge in [0.25, 0.3) is 0 Å². The van der Waals surface area contributed by atoms with E-state index >= 15 is 0 Å². The predicted molar refractivity (Wildman–Crippen MR) is 66.3 cm³/mol. The largest absolute Gasteiger partial charge is 0.310 e. The number of hydrogen-bond donors (Lipinski definition) is 1. The Bertz CT molecular complexity index is 288. The van der Waals surface area contributed by atoms with E-state index in [-0.39, 0.29) is 0 Å². The molecule has 3 heteroatoms. The van der Waals surface area contributed by atoms with Crippen molar-refractivity contribution in [3.8, 4) is 0 Å². The summed E-state index contributed by atoms with van der Waals surface area (Å²) in [5.41, 5.74) is 1.24. The van der Waals surface area contributed by atoms with Crippen LogP contribution in [0.1, 0.15) is 25.5 Å². The van der Waals surface area contributed by atoms with E-state index in [1.807, 2.05) is 12.1 Å². The Kier molecular flexibility index (Phi) is 4.49. The summed E-state index contributed by atoms with van der Waals surface area (Å²) in [6.07, 6.45) is 0. The molecule has 0 aliphatic rings. The molecule has 0 aromatic heterocycles. The first-order valence-corrected chi connectivity index (χ1v) is 5.79. The second kappa shape index (κ2) is 5.17. The maximum absolute atomic E-state index is 6.02. The van der Waals surface area contributed by atoms with Crippen LogP contribution in [0.5, 0.6) is 0 Å². The van der Waals surface area contributed by atoms with Crippen molar-refractivity contribution in [3.63, 3.8) is 0 Å². The van der Waals surface area contributed by atoms with E-state index in [0.29, 0.717) is 6.04 Å². The zero-order chi connectivity index (χ0) is 9.84. The van der Waals surface area contributed by atoms with Gasteiger partial charge in [0, 0.05) is 9.61 Å². The predicted octanol–water partition coefficient (Wildman–Crippen LogP) is 3.62. The molecule has 0 aliphatic heterocycles. The molecule has 0 saturated carbocycles. The summed E-state index contributed by atoms with van der Waals surface area (Å²) in [7, 11) is 0. The van der Waals surface area contributed by atoms with Crippen LogP contribution in [0.3, 0.4) is 0 Å². The summed E-state index contributed by atoms with van der Waals surface area (Å²) in [5, 5.41) is 4.18. The van der Waals surface area contributed by atoms with Gasteiger partial charge < -0.3 is 5.32 Å². The Labute approximate surface area is 98.0 Å². The fraction of sp³-hybridized carbons (Fsp3) is 0.400. The lowest BCUT2D eigenvalue weighted by atomic mass is 10.1. The van der Waals surface area contributed by atoms with Crippen molar-refractivity contribution in [1.82, 2.24) is 5.32 Å². The molecule has 1 nitrogen and oxygen atoms in total. The minimum absolute atomic E-state index is 0.375. The second-order valence-corrected chi connectivity index (χ2v) is 4.52. The minimum atomic E-state index is 0.375. The van der Waals surface area contributed by atoms with Crippen LogP contribution in [-0.4, -0.2) is 6.54 Å². The van der Waals surface area contributed by atoms with Crippen molar-refractivity contribution in [2.75, 3.05) is 6.54 Å². The molecule has 0 saturated heterocycles. The van der Waals surface area contributed by atoms with Gasteiger partial charge in [-0.3, -0.25) is 0 Å². The van der Waals surface area contributed by atoms with Crippen molar-refractivity contribution >= 4 is 34.2 Å². The zero-order valence-corrected chi connectivity index (χ0v) is 10.7. The van der Waals surface area contributed by atoms with Gasteiger partial charge in [-0.1, -0.05) is 24.6 Å². The van der Waals surface area contributed by atoms with Gasteiger partial charge in [0.2, 0.25) is 0 Å². The monoisotopic (exact) mass is 309 g/mol. The van der Waals surface area contributed by atoms with Gasteiger partial charge in [0.05, 0.1) is 5.02 Å². The number of nitrogens with one attached hydrogen (secondary N) is 1. The van der Waals surface area contributed by atoms with Crippen LogP contribution in [0.4, 0.5) is 0 Å². The highest BCUT2D eigenvalue weighted by atomic mass is 127. The summed E-state index contributed by atoms with van der Waals surface area (Å²) < 4.78 is 1.10. The number of halogens is 2. The molecule has 72 valence electrons. The molecule has 1 atom stereocenters. The summed E-state index contributed by atoms with van der Waals surface area (Å²) in [4.78, 5) is 0. The Morgan fingerprint density at radius 2 is 2.23 bits per heavy atom. The first kappa shape index (κ1) is 11.3. The SMILES string of the molecule is CCNC(C)c1ccc(I)c(Cl)c1. The fourth-order valence-corrected chi connectivity index (χ4v) is 1.73. The standard InChI is InChI=1S/C10H13ClIN/c1-3-13-7(2)8-4-5-10(12)9(11)6-8/h4-7,13H,3H2,1-2H3. The third-order valence-electron chi connectivity index (χ3n) is 1.95.